The molecule has 1 aromatic carbocycles. The summed E-state index contributed by atoms with van der Waals surface area (Å²) < 4.78 is 1.88. The summed E-state index contributed by atoms with van der Waals surface area (Å²) in [6.07, 6.45) is 1.81. The molecule has 1 unspecified atom stereocenters. The lowest BCUT2D eigenvalue weighted by molar-refractivity contribution is 0.572. The van der Waals surface area contributed by atoms with E-state index in [0.29, 0.717) is 0 Å². The average Bonchev–Trinajstić information content (AvgIpc) is 2.57. The van der Waals surface area contributed by atoms with Gasteiger partial charge in [0.2, 0.25) is 0 Å². The molecule has 0 saturated carbocycles. The molecule has 3 heteroatoms. The van der Waals surface area contributed by atoms with E-state index in [4.69, 9.17) is 5.73 Å². The Morgan fingerprint density at radius 3 is 2.18 bits per heavy atom. The maximum atomic E-state index is 6.02. The largest absolute Gasteiger partial charge is 0.384 e. The van der Waals surface area contributed by atoms with E-state index in [0.717, 1.165) is 11.4 Å². The maximum absolute atomic E-state index is 6.02. The summed E-state index contributed by atoms with van der Waals surface area (Å²) in [6.45, 7) is 8.33. The minimum Gasteiger partial charge on any atom is -0.384 e. The van der Waals surface area contributed by atoms with Gasteiger partial charge in [-0.15, -0.1) is 0 Å². The minimum absolute atomic E-state index is 0.169. The molecule has 0 bridgehead atoms. The zero-order valence-corrected chi connectivity index (χ0v) is 10.9. The zero-order valence-electron chi connectivity index (χ0n) is 10.9. The van der Waals surface area contributed by atoms with Gasteiger partial charge in [0, 0.05) is 5.56 Å². The van der Waals surface area contributed by atoms with Gasteiger partial charge >= 0.3 is 0 Å². The molecule has 3 nitrogen and oxygen atoms in total. The number of hydrogen-bond acceptors (Lipinski definition) is 2. The van der Waals surface area contributed by atoms with E-state index in [2.05, 4.69) is 44.1 Å². The summed E-state index contributed by atoms with van der Waals surface area (Å²) in [6, 6.07) is 6.72. The molecule has 1 heterocycles. The highest BCUT2D eigenvalue weighted by atomic mass is 15.3. The first kappa shape index (κ1) is 11.7. The van der Waals surface area contributed by atoms with Crippen molar-refractivity contribution in [3.63, 3.8) is 0 Å². The lowest BCUT2D eigenvalue weighted by Gasteiger charge is -2.16. The van der Waals surface area contributed by atoms with Crippen molar-refractivity contribution in [1.82, 2.24) is 9.78 Å². The van der Waals surface area contributed by atoms with Gasteiger partial charge in [-0.2, -0.15) is 5.10 Å². The van der Waals surface area contributed by atoms with Gasteiger partial charge in [-0.05, 0) is 33.3 Å². The fourth-order valence-electron chi connectivity index (χ4n) is 2.16. The molecule has 0 radical (unpaired) electrons. The minimum atomic E-state index is 0.169. The molecule has 0 fully saturated rings. The first-order chi connectivity index (χ1) is 7.99. The van der Waals surface area contributed by atoms with Crippen molar-refractivity contribution in [2.75, 3.05) is 5.73 Å². The number of aryl methyl sites for hydroxylation is 3. The predicted molar refractivity (Wildman–Crippen MR) is 71.1 cm³/mol. The quantitative estimate of drug-likeness (QED) is 0.860. The van der Waals surface area contributed by atoms with E-state index < -0.39 is 0 Å². The Balaban J connectivity index is 2.43. The number of anilines is 1. The van der Waals surface area contributed by atoms with E-state index in [1.54, 1.807) is 0 Å². The van der Waals surface area contributed by atoms with Crippen molar-refractivity contribution < 1.29 is 0 Å². The predicted octanol–water partition coefficient (Wildman–Crippen LogP) is 3.00. The van der Waals surface area contributed by atoms with Gasteiger partial charge < -0.3 is 5.73 Å². The van der Waals surface area contributed by atoms with Crippen LogP contribution in [0.15, 0.2) is 24.4 Å². The lowest BCUT2D eigenvalue weighted by Crippen LogP contribution is -2.12. The number of nitrogens with two attached hydrogens (primary N) is 1. The van der Waals surface area contributed by atoms with Gasteiger partial charge in [0.25, 0.3) is 0 Å². The Morgan fingerprint density at radius 1 is 1.12 bits per heavy atom. The second-order valence-electron chi connectivity index (χ2n) is 4.75. The van der Waals surface area contributed by atoms with Crippen LogP contribution in [0.2, 0.25) is 0 Å². The summed E-state index contributed by atoms with van der Waals surface area (Å²) in [7, 11) is 0. The molecule has 2 rings (SSSR count). The molecular formula is C14H19N3. The molecular weight excluding hydrogens is 210 g/mol. The third-order valence-electron chi connectivity index (χ3n) is 3.12. The number of nitrogens with zero attached hydrogens (tertiary/aromatic N) is 2. The molecule has 2 N–H and O–H groups in total. The smallest absolute Gasteiger partial charge is 0.125 e. The van der Waals surface area contributed by atoms with E-state index >= 15 is 0 Å². The highest BCUT2D eigenvalue weighted by Gasteiger charge is 2.13. The number of nitrogen functional groups attached to an aromatic ring is 1. The summed E-state index contributed by atoms with van der Waals surface area (Å²) in [4.78, 5) is 0. The second kappa shape index (κ2) is 4.24. The standard InChI is InChI=1S/C14H19N3/c1-9-5-10(2)7-13(6-9)12(4)17-14(15)11(3)8-16-17/h5-8,12H,15H2,1-4H3. The van der Waals surface area contributed by atoms with Crippen molar-refractivity contribution in [3.8, 4) is 0 Å². The van der Waals surface area contributed by atoms with Gasteiger partial charge in [-0.3, -0.25) is 0 Å². The van der Waals surface area contributed by atoms with Crippen LogP contribution >= 0.6 is 0 Å². The Bertz CT molecular complexity index is 520. The van der Waals surface area contributed by atoms with E-state index in [-0.39, 0.29) is 6.04 Å². The van der Waals surface area contributed by atoms with Crippen LogP contribution in [0.4, 0.5) is 5.82 Å². The maximum Gasteiger partial charge on any atom is 0.125 e. The third-order valence-corrected chi connectivity index (χ3v) is 3.12. The molecule has 17 heavy (non-hydrogen) atoms. The van der Waals surface area contributed by atoms with Gasteiger partial charge in [-0.25, -0.2) is 4.68 Å². The number of benzene rings is 1. The Labute approximate surface area is 102 Å². The first-order valence-electron chi connectivity index (χ1n) is 5.87. The van der Waals surface area contributed by atoms with Crippen LogP contribution in [0, 0.1) is 20.8 Å². The van der Waals surface area contributed by atoms with Crippen LogP contribution in [0.3, 0.4) is 0 Å². The van der Waals surface area contributed by atoms with Crippen molar-refractivity contribution in [3.05, 3.63) is 46.6 Å². The van der Waals surface area contributed by atoms with Crippen LogP contribution in [-0.2, 0) is 0 Å². The topological polar surface area (TPSA) is 43.8 Å². The fraction of sp³-hybridized carbons (Fsp3) is 0.357. The first-order valence-corrected chi connectivity index (χ1v) is 5.87. The molecule has 0 aliphatic carbocycles. The van der Waals surface area contributed by atoms with E-state index in [9.17, 15) is 0 Å². The van der Waals surface area contributed by atoms with Crippen molar-refractivity contribution in [2.24, 2.45) is 0 Å². The molecule has 2 aromatic rings. The van der Waals surface area contributed by atoms with Gasteiger partial charge in [0.05, 0.1) is 12.2 Å². The van der Waals surface area contributed by atoms with Crippen LogP contribution in [0.25, 0.3) is 0 Å². The van der Waals surface area contributed by atoms with Crippen LogP contribution in [-0.4, -0.2) is 9.78 Å². The Kier molecular flexibility index (Phi) is 2.92. The van der Waals surface area contributed by atoms with Crippen LogP contribution in [0.1, 0.15) is 35.2 Å². The lowest BCUT2D eigenvalue weighted by atomic mass is 10.0. The normalized spacial score (nSPS) is 12.7. The van der Waals surface area contributed by atoms with E-state index in [1.165, 1.54) is 16.7 Å². The molecule has 0 saturated heterocycles. The Hall–Kier alpha value is -1.77. The number of rotatable bonds is 2. The summed E-state index contributed by atoms with van der Waals surface area (Å²) in [5.74, 6) is 0.747. The van der Waals surface area contributed by atoms with E-state index in [1.807, 2.05) is 17.8 Å². The van der Waals surface area contributed by atoms with Crippen LogP contribution in [0.5, 0.6) is 0 Å². The molecule has 1 atom stereocenters. The second-order valence-corrected chi connectivity index (χ2v) is 4.75. The SMILES string of the molecule is Cc1cc(C)cc(C(C)n2ncc(C)c2N)c1. The number of aromatic nitrogens is 2. The van der Waals surface area contributed by atoms with Crippen molar-refractivity contribution >= 4 is 5.82 Å². The number of hydrogen-bond donors (Lipinski definition) is 1. The molecule has 0 spiro atoms. The zero-order chi connectivity index (χ0) is 12.6. The molecule has 0 aliphatic rings. The molecule has 0 amide bonds. The molecule has 1 aromatic heterocycles. The van der Waals surface area contributed by atoms with Gasteiger partial charge in [0.1, 0.15) is 5.82 Å². The molecule has 90 valence electrons. The van der Waals surface area contributed by atoms with Crippen molar-refractivity contribution in [1.29, 1.82) is 0 Å². The van der Waals surface area contributed by atoms with Crippen molar-refractivity contribution in [2.45, 2.75) is 33.7 Å². The third kappa shape index (κ3) is 2.18. The average molecular weight is 229 g/mol. The van der Waals surface area contributed by atoms with Gasteiger partial charge in [0.15, 0.2) is 0 Å². The summed E-state index contributed by atoms with van der Waals surface area (Å²) in [5.41, 5.74) is 10.8. The highest BCUT2D eigenvalue weighted by molar-refractivity contribution is 5.40. The van der Waals surface area contributed by atoms with Gasteiger partial charge in [-0.1, -0.05) is 29.3 Å². The van der Waals surface area contributed by atoms with Crippen LogP contribution < -0.4 is 5.73 Å². The molecule has 0 aliphatic heterocycles. The highest BCUT2D eigenvalue weighted by Crippen LogP contribution is 2.23. The fourth-order valence-corrected chi connectivity index (χ4v) is 2.16. The summed E-state index contributed by atoms with van der Waals surface area (Å²) >= 11 is 0. The summed E-state index contributed by atoms with van der Waals surface area (Å²) in [5, 5.41) is 4.34. The Morgan fingerprint density at radius 2 is 1.71 bits per heavy atom. The monoisotopic (exact) mass is 229 g/mol.